The molecule has 0 spiro atoms. The first kappa shape index (κ1) is 29.1. The lowest BCUT2D eigenvalue weighted by molar-refractivity contribution is -0.462. The number of carbonyl (C=O) groups excluding carboxylic acids is 2. The van der Waals surface area contributed by atoms with Gasteiger partial charge in [0.05, 0.1) is 17.2 Å². The minimum absolute atomic E-state index is 0.128. The monoisotopic (exact) mass is 584 g/mol. The standard InChI is InChI=1S/C31H33N7O3S/c39-28(21-23-8-2-1-3-9-23)32-27-16-15-26(33-34-27)12-4-5-13-29-35-36-31(42-29)38(41)19-17-24-10-6-11-25(20-24)22-37-18-7-14-30(37)40/h1-3,6,8-11,15-16,20H,4-5,7,12-14,17-19,21-22H2/p+1. The summed E-state index contributed by atoms with van der Waals surface area (Å²) in [5.41, 5.74) is 3.96. The molecule has 216 valence electrons. The third kappa shape index (κ3) is 8.56. The summed E-state index contributed by atoms with van der Waals surface area (Å²) in [6.45, 7) is 1.73. The first-order chi connectivity index (χ1) is 20.5. The minimum Gasteiger partial charge on any atom is -0.338 e. The largest absolute Gasteiger partial charge is 0.447 e. The van der Waals surface area contributed by atoms with Crippen LogP contribution >= 0.6 is 11.3 Å². The van der Waals surface area contributed by atoms with Gasteiger partial charge in [-0.15, -0.1) is 5.10 Å². The molecule has 10 nitrogen and oxygen atoms in total. The van der Waals surface area contributed by atoms with Gasteiger partial charge in [-0.25, -0.2) is 0 Å². The fourth-order valence-electron chi connectivity index (χ4n) is 4.86. The summed E-state index contributed by atoms with van der Waals surface area (Å²) in [6.07, 6.45) is 5.72. The summed E-state index contributed by atoms with van der Waals surface area (Å²) in [5, 5.41) is 20.7. The number of nitrogens with one attached hydrogen (secondary N) is 1. The van der Waals surface area contributed by atoms with Crippen molar-refractivity contribution < 1.29 is 14.3 Å². The Labute approximate surface area is 248 Å². The predicted molar refractivity (Wildman–Crippen MR) is 160 cm³/mol. The highest BCUT2D eigenvalue weighted by Gasteiger charge is 2.22. The molecule has 0 bridgehead atoms. The molecule has 42 heavy (non-hydrogen) atoms. The van der Waals surface area contributed by atoms with Crippen LogP contribution in [0.25, 0.3) is 0 Å². The Hall–Kier alpha value is -4.38. The van der Waals surface area contributed by atoms with E-state index in [0.717, 1.165) is 70.8 Å². The van der Waals surface area contributed by atoms with E-state index in [2.05, 4.69) is 31.8 Å². The number of aryl methyl sites for hydroxylation is 2. The van der Waals surface area contributed by atoms with E-state index >= 15 is 0 Å². The van der Waals surface area contributed by atoms with Gasteiger partial charge >= 0.3 is 5.13 Å². The quantitative estimate of drug-likeness (QED) is 0.166. The predicted octanol–water partition coefficient (Wildman–Crippen LogP) is 4.85. The molecule has 0 unspecified atom stereocenters. The molecule has 0 radical (unpaired) electrons. The first-order valence-electron chi connectivity index (χ1n) is 14.3. The fraction of sp³-hybridized carbons (Fsp3) is 0.355. The maximum atomic E-state index is 12.7. The van der Waals surface area contributed by atoms with E-state index in [0.29, 0.717) is 43.3 Å². The van der Waals surface area contributed by atoms with E-state index in [9.17, 15) is 14.5 Å². The van der Waals surface area contributed by atoms with E-state index in [-0.39, 0.29) is 11.8 Å². The van der Waals surface area contributed by atoms with Gasteiger partial charge in [0.2, 0.25) is 11.8 Å². The normalized spacial score (nSPS) is 13.0. The average Bonchev–Trinajstić information content (AvgIpc) is 3.64. The molecule has 2 amide bonds. The van der Waals surface area contributed by atoms with Crippen molar-refractivity contribution in [2.75, 3.05) is 18.4 Å². The van der Waals surface area contributed by atoms with Crippen LogP contribution in [-0.2, 0) is 41.8 Å². The molecule has 1 saturated heterocycles. The van der Waals surface area contributed by atoms with Crippen LogP contribution in [0.5, 0.6) is 0 Å². The second-order valence-corrected chi connectivity index (χ2v) is 11.4. The van der Waals surface area contributed by atoms with Gasteiger partial charge in [-0.3, -0.25) is 9.59 Å². The van der Waals surface area contributed by atoms with Gasteiger partial charge in [0.1, 0.15) is 11.6 Å². The van der Waals surface area contributed by atoms with E-state index < -0.39 is 0 Å². The van der Waals surface area contributed by atoms with Crippen molar-refractivity contribution in [1.29, 1.82) is 0 Å². The number of hydrogen-bond acceptors (Lipinski definition) is 8. The lowest BCUT2D eigenvalue weighted by Gasteiger charge is -2.15. The van der Waals surface area contributed by atoms with E-state index in [1.807, 2.05) is 59.5 Å². The van der Waals surface area contributed by atoms with Crippen molar-refractivity contribution in [1.82, 2.24) is 25.3 Å². The Morgan fingerprint density at radius 1 is 0.881 bits per heavy atom. The van der Waals surface area contributed by atoms with Crippen molar-refractivity contribution in [3.8, 4) is 0 Å². The van der Waals surface area contributed by atoms with Crippen LogP contribution in [0.2, 0.25) is 0 Å². The summed E-state index contributed by atoms with van der Waals surface area (Å²) in [4.78, 5) is 38.7. The smallest absolute Gasteiger partial charge is 0.338 e. The maximum absolute atomic E-state index is 12.7. The summed E-state index contributed by atoms with van der Waals surface area (Å²) in [6, 6.07) is 21.3. The topological polar surface area (TPSA) is 121 Å². The zero-order valence-corrected chi connectivity index (χ0v) is 24.3. The first-order valence-corrected chi connectivity index (χ1v) is 15.1. The second kappa shape index (κ2) is 14.5. The van der Waals surface area contributed by atoms with Crippen molar-refractivity contribution in [2.45, 2.75) is 57.9 Å². The highest BCUT2D eigenvalue weighted by molar-refractivity contribution is 7.14. The van der Waals surface area contributed by atoms with E-state index in [1.54, 1.807) is 6.07 Å². The van der Waals surface area contributed by atoms with Crippen LogP contribution in [0.1, 0.15) is 53.1 Å². The van der Waals surface area contributed by atoms with Crippen LogP contribution in [-0.4, -0.2) is 55.0 Å². The van der Waals surface area contributed by atoms with Crippen molar-refractivity contribution in [3.05, 3.63) is 99.0 Å². The molecule has 1 aliphatic rings. The van der Waals surface area contributed by atoms with Crippen LogP contribution in [0, 0.1) is 4.91 Å². The number of hydrogen-bond donors (Lipinski definition) is 1. The number of aromatic nitrogens is 4. The molecule has 0 saturated carbocycles. The summed E-state index contributed by atoms with van der Waals surface area (Å²) >= 11 is 1.33. The van der Waals surface area contributed by atoms with E-state index in [1.165, 1.54) is 11.3 Å². The van der Waals surface area contributed by atoms with Crippen LogP contribution in [0.4, 0.5) is 10.9 Å². The zero-order chi connectivity index (χ0) is 29.1. The van der Waals surface area contributed by atoms with Crippen LogP contribution < -0.4 is 5.32 Å². The summed E-state index contributed by atoms with van der Waals surface area (Å²) in [7, 11) is 0. The Morgan fingerprint density at radius 2 is 1.69 bits per heavy atom. The number of nitrogens with zero attached hydrogens (tertiary/aromatic N) is 6. The van der Waals surface area contributed by atoms with E-state index in [4.69, 9.17) is 0 Å². The van der Waals surface area contributed by atoms with Gasteiger partial charge < -0.3 is 10.2 Å². The summed E-state index contributed by atoms with van der Waals surface area (Å²) < 4.78 is 0.910. The third-order valence-corrected chi connectivity index (χ3v) is 8.07. The maximum Gasteiger partial charge on any atom is 0.447 e. The van der Waals surface area contributed by atoms with Gasteiger partial charge in [-0.1, -0.05) is 59.5 Å². The highest BCUT2D eigenvalue weighted by Crippen LogP contribution is 2.21. The molecule has 11 heteroatoms. The lowest BCUT2D eigenvalue weighted by Crippen LogP contribution is -2.23. The number of likely N-dealkylation sites (tertiary alicyclic amines) is 1. The molecule has 0 aliphatic carbocycles. The lowest BCUT2D eigenvalue weighted by atomic mass is 10.1. The molecule has 1 aliphatic heterocycles. The third-order valence-electron chi connectivity index (χ3n) is 7.08. The molecule has 1 fully saturated rings. The second-order valence-electron chi connectivity index (χ2n) is 10.4. The SMILES string of the molecule is O=C(Cc1ccccc1)Nc1ccc(CCCCc2nnc([N+](=O)CCc3cccc(CN4CCCC4=O)c3)s2)nn1. The highest BCUT2D eigenvalue weighted by atomic mass is 32.1. The number of amides is 2. The van der Waals surface area contributed by atoms with Gasteiger partial charge in [0.25, 0.3) is 0 Å². The number of benzene rings is 2. The number of rotatable bonds is 14. The molecule has 2 aromatic heterocycles. The molecular formula is C31H34N7O3S+. The Balaban J connectivity index is 1.00. The van der Waals surface area contributed by atoms with Crippen LogP contribution in [0.15, 0.2) is 66.7 Å². The van der Waals surface area contributed by atoms with Crippen molar-refractivity contribution in [2.24, 2.45) is 0 Å². The van der Waals surface area contributed by atoms with Gasteiger partial charge in [0, 0.05) is 32.4 Å². The molecule has 0 atom stereocenters. The fourth-order valence-corrected chi connectivity index (χ4v) is 5.67. The molecule has 3 heterocycles. The van der Waals surface area contributed by atoms with Crippen molar-refractivity contribution in [3.63, 3.8) is 0 Å². The van der Waals surface area contributed by atoms with Gasteiger partial charge in [-0.05, 0) is 75.7 Å². The number of anilines is 1. The van der Waals surface area contributed by atoms with Gasteiger partial charge in [0.15, 0.2) is 5.82 Å². The average molecular weight is 585 g/mol. The number of unbranched alkanes of at least 4 members (excludes halogenated alkanes) is 1. The Morgan fingerprint density at radius 3 is 2.48 bits per heavy atom. The molecule has 1 N–H and O–H groups in total. The molecule has 5 rings (SSSR count). The number of carbonyl (C=O) groups is 2. The number of nitroso groups, excluding NO2 is 1. The van der Waals surface area contributed by atoms with Gasteiger partial charge in [-0.2, -0.15) is 5.10 Å². The zero-order valence-electron chi connectivity index (χ0n) is 23.4. The minimum atomic E-state index is -0.128. The molecule has 4 aromatic rings. The van der Waals surface area contributed by atoms with Crippen LogP contribution in [0.3, 0.4) is 0 Å². The summed E-state index contributed by atoms with van der Waals surface area (Å²) in [5.74, 6) is 0.522. The molecule has 2 aromatic carbocycles. The molecular weight excluding hydrogens is 550 g/mol. The Kier molecular flexibility index (Phi) is 10.1. The Bertz CT molecular complexity index is 1510. The van der Waals surface area contributed by atoms with Crippen molar-refractivity contribution >= 4 is 34.1 Å².